The zero-order valence-electron chi connectivity index (χ0n) is 20.1. The average Bonchev–Trinajstić information content (AvgIpc) is 3.28. The number of hydrogen-bond donors (Lipinski definition) is 0. The summed E-state index contributed by atoms with van der Waals surface area (Å²) in [4.78, 5) is 35.2. The minimum Gasteiger partial charge on any atom is -0.422 e. The van der Waals surface area contributed by atoms with Gasteiger partial charge in [0.2, 0.25) is 0 Å². The van der Waals surface area contributed by atoms with Crippen LogP contribution in [-0.4, -0.2) is 43.0 Å². The van der Waals surface area contributed by atoms with Crippen molar-refractivity contribution in [3.8, 4) is 0 Å². The molecule has 0 saturated carbocycles. The molecule has 5 aromatic rings. The van der Waals surface area contributed by atoms with Crippen LogP contribution in [0.2, 0.25) is 0 Å². The zero-order chi connectivity index (χ0) is 24.5. The van der Waals surface area contributed by atoms with Gasteiger partial charge in [-0.3, -0.25) is 9.69 Å². The molecular formula is C28H27N3O3S. The maximum absolute atomic E-state index is 13.8. The van der Waals surface area contributed by atoms with Gasteiger partial charge in [0.15, 0.2) is 5.13 Å². The number of nitrogens with zero attached hydrogens (tertiary/aromatic N) is 3. The third-order valence-electron chi connectivity index (χ3n) is 6.19. The molecule has 0 spiro atoms. The molecule has 0 aliphatic carbocycles. The second-order valence-electron chi connectivity index (χ2n) is 8.91. The van der Waals surface area contributed by atoms with Crippen LogP contribution in [0.3, 0.4) is 0 Å². The summed E-state index contributed by atoms with van der Waals surface area (Å²) in [6, 6.07) is 19.4. The smallest absolute Gasteiger partial charge is 0.349 e. The molecule has 0 fully saturated rings. The van der Waals surface area contributed by atoms with Gasteiger partial charge in [-0.1, -0.05) is 54.7 Å². The summed E-state index contributed by atoms with van der Waals surface area (Å²) in [7, 11) is 4.00. The normalized spacial score (nSPS) is 11.7. The van der Waals surface area contributed by atoms with E-state index in [-0.39, 0.29) is 11.5 Å². The summed E-state index contributed by atoms with van der Waals surface area (Å²) in [5.74, 6) is -0.387. The van der Waals surface area contributed by atoms with Gasteiger partial charge in [-0.05, 0) is 74.1 Å². The van der Waals surface area contributed by atoms with Crippen molar-refractivity contribution in [1.29, 1.82) is 0 Å². The standard InChI is InChI=1S/C28H27N3O3S/c1-4-18-10-12-23-25(16-18)35-28(29-23)31(15-7-14-30(2)3)26(32)22-17-21-20-9-6-5-8-19(20)11-13-24(21)34-27(22)33/h5-6,8-13,16-17H,4,7,14-15H2,1-3H3. The number of hydrogen-bond acceptors (Lipinski definition) is 6. The van der Waals surface area contributed by atoms with Crippen LogP contribution in [0.1, 0.15) is 29.3 Å². The lowest BCUT2D eigenvalue weighted by molar-refractivity contribution is 0.0982. The Hall–Kier alpha value is -3.55. The summed E-state index contributed by atoms with van der Waals surface area (Å²) in [6.07, 6.45) is 1.68. The first-order valence-corrected chi connectivity index (χ1v) is 12.6. The lowest BCUT2D eigenvalue weighted by atomic mass is 10.0. The molecule has 2 heterocycles. The molecule has 0 unspecified atom stereocenters. The van der Waals surface area contributed by atoms with Gasteiger partial charge in [0, 0.05) is 11.9 Å². The fourth-order valence-electron chi connectivity index (χ4n) is 4.29. The van der Waals surface area contributed by atoms with Gasteiger partial charge < -0.3 is 9.32 Å². The number of amides is 1. The van der Waals surface area contributed by atoms with E-state index >= 15 is 0 Å². The van der Waals surface area contributed by atoms with Crippen molar-refractivity contribution < 1.29 is 9.21 Å². The molecule has 0 atom stereocenters. The topological polar surface area (TPSA) is 66.7 Å². The molecule has 3 aromatic carbocycles. The minimum atomic E-state index is -0.634. The van der Waals surface area contributed by atoms with E-state index in [1.54, 1.807) is 17.0 Å². The van der Waals surface area contributed by atoms with Crippen molar-refractivity contribution in [2.45, 2.75) is 19.8 Å². The van der Waals surface area contributed by atoms with E-state index in [0.717, 1.165) is 45.8 Å². The lowest BCUT2D eigenvalue weighted by Gasteiger charge is -2.20. The Morgan fingerprint density at radius 3 is 2.63 bits per heavy atom. The van der Waals surface area contributed by atoms with E-state index in [1.165, 1.54) is 16.9 Å². The lowest BCUT2D eigenvalue weighted by Crippen LogP contribution is -2.36. The molecule has 0 aliphatic rings. The highest BCUT2D eigenvalue weighted by Gasteiger charge is 2.25. The van der Waals surface area contributed by atoms with Gasteiger partial charge in [0.1, 0.15) is 11.1 Å². The van der Waals surface area contributed by atoms with Crippen LogP contribution in [0, 0.1) is 0 Å². The third-order valence-corrected chi connectivity index (χ3v) is 7.23. The van der Waals surface area contributed by atoms with Crippen molar-refractivity contribution in [3.05, 3.63) is 82.2 Å². The molecule has 2 aromatic heterocycles. The Balaban J connectivity index is 1.60. The average molecular weight is 486 g/mol. The first-order valence-electron chi connectivity index (χ1n) is 11.8. The van der Waals surface area contributed by atoms with E-state index in [0.29, 0.717) is 17.3 Å². The van der Waals surface area contributed by atoms with Gasteiger partial charge in [0.05, 0.1) is 10.2 Å². The molecular weight excluding hydrogens is 458 g/mol. The van der Waals surface area contributed by atoms with Gasteiger partial charge in [0.25, 0.3) is 5.91 Å². The maximum Gasteiger partial charge on any atom is 0.349 e. The van der Waals surface area contributed by atoms with E-state index in [2.05, 4.69) is 24.0 Å². The molecule has 0 N–H and O–H groups in total. The van der Waals surface area contributed by atoms with E-state index in [4.69, 9.17) is 9.40 Å². The monoisotopic (exact) mass is 485 g/mol. The SMILES string of the molecule is CCc1ccc2nc(N(CCCN(C)C)C(=O)c3cc4c(ccc5ccccc54)oc3=O)sc2c1. The fourth-order valence-corrected chi connectivity index (χ4v) is 5.34. The summed E-state index contributed by atoms with van der Waals surface area (Å²) in [6.45, 7) is 3.37. The largest absolute Gasteiger partial charge is 0.422 e. The van der Waals surface area contributed by atoms with Crippen molar-refractivity contribution in [3.63, 3.8) is 0 Å². The minimum absolute atomic E-state index is 0.0206. The Bertz CT molecular complexity index is 1600. The van der Waals surface area contributed by atoms with Crippen molar-refractivity contribution >= 4 is 54.3 Å². The van der Waals surface area contributed by atoms with Crippen LogP contribution in [0.15, 0.2) is 69.9 Å². The Kier molecular flexibility index (Phi) is 6.36. The Labute approximate surface area is 207 Å². The number of aromatic nitrogens is 1. The van der Waals surface area contributed by atoms with Crippen molar-refractivity contribution in [1.82, 2.24) is 9.88 Å². The highest BCUT2D eigenvalue weighted by atomic mass is 32.1. The van der Waals surface area contributed by atoms with Crippen molar-refractivity contribution in [2.75, 3.05) is 32.1 Å². The van der Waals surface area contributed by atoms with Crippen LogP contribution in [0.25, 0.3) is 32.0 Å². The van der Waals surface area contributed by atoms with Crippen LogP contribution < -0.4 is 10.5 Å². The molecule has 35 heavy (non-hydrogen) atoms. The number of anilines is 1. The summed E-state index contributed by atoms with van der Waals surface area (Å²) < 4.78 is 6.64. The first-order chi connectivity index (χ1) is 16.9. The zero-order valence-corrected chi connectivity index (χ0v) is 20.9. The Morgan fingerprint density at radius 1 is 1.00 bits per heavy atom. The van der Waals surface area contributed by atoms with Crippen LogP contribution in [-0.2, 0) is 6.42 Å². The van der Waals surface area contributed by atoms with E-state index in [9.17, 15) is 9.59 Å². The van der Waals surface area contributed by atoms with Gasteiger partial charge in [-0.15, -0.1) is 0 Å². The molecule has 0 bridgehead atoms. The van der Waals surface area contributed by atoms with Crippen LogP contribution in [0.4, 0.5) is 5.13 Å². The first kappa shape index (κ1) is 23.2. The van der Waals surface area contributed by atoms with Gasteiger partial charge in [-0.25, -0.2) is 9.78 Å². The number of aryl methyl sites for hydroxylation is 1. The molecule has 178 valence electrons. The van der Waals surface area contributed by atoms with Crippen molar-refractivity contribution in [2.24, 2.45) is 0 Å². The third kappa shape index (κ3) is 4.57. The summed E-state index contributed by atoms with van der Waals surface area (Å²) in [5.41, 5.74) is 1.93. The van der Waals surface area contributed by atoms with Crippen LogP contribution in [0.5, 0.6) is 0 Å². The quantitative estimate of drug-likeness (QED) is 0.218. The highest BCUT2D eigenvalue weighted by Crippen LogP contribution is 2.31. The molecule has 7 heteroatoms. The number of rotatable bonds is 7. The van der Waals surface area contributed by atoms with E-state index < -0.39 is 5.63 Å². The second kappa shape index (κ2) is 9.60. The summed E-state index contributed by atoms with van der Waals surface area (Å²) in [5, 5.41) is 3.30. The van der Waals surface area contributed by atoms with Gasteiger partial charge in [-0.2, -0.15) is 0 Å². The molecule has 0 aliphatic heterocycles. The van der Waals surface area contributed by atoms with Crippen LogP contribution >= 0.6 is 11.3 Å². The number of thiazole rings is 1. The van der Waals surface area contributed by atoms with E-state index in [1.807, 2.05) is 50.5 Å². The Morgan fingerprint density at radius 2 is 1.83 bits per heavy atom. The fraction of sp³-hybridized carbons (Fsp3) is 0.250. The molecule has 5 rings (SSSR count). The molecule has 0 radical (unpaired) electrons. The second-order valence-corrected chi connectivity index (χ2v) is 9.92. The van der Waals surface area contributed by atoms with Gasteiger partial charge >= 0.3 is 5.63 Å². The maximum atomic E-state index is 13.8. The molecule has 0 saturated heterocycles. The highest BCUT2D eigenvalue weighted by molar-refractivity contribution is 7.22. The number of carbonyl (C=O) groups excluding carboxylic acids is 1. The summed E-state index contributed by atoms with van der Waals surface area (Å²) >= 11 is 1.48. The number of fused-ring (bicyclic) bond motifs is 4. The molecule has 1 amide bonds. The predicted molar refractivity (Wildman–Crippen MR) is 144 cm³/mol. The number of carbonyl (C=O) groups is 1. The predicted octanol–water partition coefficient (Wildman–Crippen LogP) is 5.72. The number of benzene rings is 3. The molecule has 6 nitrogen and oxygen atoms in total.